The molecule has 0 aliphatic heterocycles. The minimum absolute atomic E-state index is 0.0854. The molecule has 0 aromatic heterocycles. The summed E-state index contributed by atoms with van der Waals surface area (Å²) in [5.41, 5.74) is 0. The standard InChI is InChI=1S/C43H74O5/c1-3-5-7-9-11-13-15-17-19-20-21-22-24-25-27-29-31-33-35-37-42(45)47-40-41(39-44)48-43(46)38-36-34-32-30-28-26-23-18-16-14-12-10-8-6-4-2/h11-14,17-19,23,28,30,41,44H,3-10,15-16,20-22,24-27,29,31-40H2,1-2H3/t41-/m0/s1. The summed E-state index contributed by atoms with van der Waals surface area (Å²) in [6.07, 6.45) is 49.9. The molecule has 0 saturated carbocycles. The van der Waals surface area contributed by atoms with Gasteiger partial charge in [0.25, 0.3) is 0 Å². The maximum Gasteiger partial charge on any atom is 0.306 e. The second-order valence-electron chi connectivity index (χ2n) is 13.0. The normalized spacial score (nSPS) is 12.8. The van der Waals surface area contributed by atoms with Gasteiger partial charge in [0.2, 0.25) is 0 Å². The van der Waals surface area contributed by atoms with E-state index in [1.54, 1.807) is 0 Å². The number of unbranched alkanes of at least 4 members (excludes halogenated alkanes) is 17. The number of esters is 2. The predicted molar refractivity (Wildman–Crippen MR) is 205 cm³/mol. The fourth-order valence-corrected chi connectivity index (χ4v) is 5.24. The van der Waals surface area contributed by atoms with Crippen LogP contribution in [0.3, 0.4) is 0 Å². The number of carbonyl (C=O) groups excluding carboxylic acids is 2. The molecular weight excluding hydrogens is 596 g/mol. The van der Waals surface area contributed by atoms with Gasteiger partial charge in [-0.2, -0.15) is 0 Å². The Morgan fingerprint density at radius 1 is 0.479 bits per heavy atom. The highest BCUT2D eigenvalue weighted by molar-refractivity contribution is 5.70. The zero-order valence-electron chi connectivity index (χ0n) is 31.2. The summed E-state index contributed by atoms with van der Waals surface area (Å²) in [6.45, 7) is 4.04. The third kappa shape index (κ3) is 36.4. The molecule has 0 aromatic carbocycles. The van der Waals surface area contributed by atoms with Crippen LogP contribution in [-0.2, 0) is 19.1 Å². The molecule has 0 aliphatic rings. The van der Waals surface area contributed by atoms with Crippen molar-refractivity contribution in [3.8, 4) is 0 Å². The summed E-state index contributed by atoms with van der Waals surface area (Å²) in [6, 6.07) is 0. The molecule has 0 aliphatic carbocycles. The maximum absolute atomic E-state index is 12.1. The lowest BCUT2D eigenvalue weighted by Gasteiger charge is -2.15. The Kier molecular flexibility index (Phi) is 37.1. The third-order valence-electron chi connectivity index (χ3n) is 8.28. The van der Waals surface area contributed by atoms with Crippen molar-refractivity contribution in [1.29, 1.82) is 0 Å². The van der Waals surface area contributed by atoms with Gasteiger partial charge in [0, 0.05) is 12.8 Å². The smallest absolute Gasteiger partial charge is 0.306 e. The van der Waals surface area contributed by atoms with E-state index in [1.807, 2.05) is 0 Å². The lowest BCUT2D eigenvalue weighted by molar-refractivity contribution is -0.161. The van der Waals surface area contributed by atoms with E-state index in [0.717, 1.165) is 57.8 Å². The van der Waals surface area contributed by atoms with Crippen molar-refractivity contribution in [3.05, 3.63) is 60.8 Å². The molecule has 1 N–H and O–H groups in total. The largest absolute Gasteiger partial charge is 0.462 e. The lowest BCUT2D eigenvalue weighted by atomic mass is 10.1. The first-order chi connectivity index (χ1) is 23.6. The van der Waals surface area contributed by atoms with E-state index < -0.39 is 6.10 Å². The first kappa shape index (κ1) is 45.6. The van der Waals surface area contributed by atoms with Crippen molar-refractivity contribution in [2.45, 2.75) is 187 Å². The Morgan fingerprint density at radius 2 is 0.833 bits per heavy atom. The van der Waals surface area contributed by atoms with Gasteiger partial charge in [-0.1, -0.05) is 145 Å². The van der Waals surface area contributed by atoms with Crippen molar-refractivity contribution in [1.82, 2.24) is 0 Å². The fourth-order valence-electron chi connectivity index (χ4n) is 5.24. The number of aliphatic hydroxyl groups excluding tert-OH is 1. The molecule has 0 amide bonds. The maximum atomic E-state index is 12.1. The predicted octanol–water partition coefficient (Wildman–Crippen LogP) is 12.4. The third-order valence-corrected chi connectivity index (χ3v) is 8.28. The zero-order chi connectivity index (χ0) is 35.0. The van der Waals surface area contributed by atoms with Crippen molar-refractivity contribution >= 4 is 11.9 Å². The van der Waals surface area contributed by atoms with Crippen molar-refractivity contribution in [2.75, 3.05) is 13.2 Å². The van der Waals surface area contributed by atoms with E-state index in [0.29, 0.717) is 12.8 Å². The van der Waals surface area contributed by atoms with Crippen LogP contribution in [-0.4, -0.2) is 36.4 Å². The summed E-state index contributed by atoms with van der Waals surface area (Å²) in [4.78, 5) is 24.2. The molecule has 5 nitrogen and oxygen atoms in total. The average molecular weight is 671 g/mol. The summed E-state index contributed by atoms with van der Waals surface area (Å²) < 4.78 is 10.6. The lowest BCUT2D eigenvalue weighted by Crippen LogP contribution is -2.28. The van der Waals surface area contributed by atoms with Crippen LogP contribution in [0.4, 0.5) is 0 Å². The Bertz CT molecular complexity index is 853. The van der Waals surface area contributed by atoms with Crippen LogP contribution >= 0.6 is 0 Å². The molecule has 0 radical (unpaired) electrons. The SMILES string of the molecule is CCCCCC=CCC=CCC=CCCCCC(=O)O[C@@H](CO)COC(=O)CCCCCCCCCCCC=CCC=CCCCCC. The highest BCUT2D eigenvalue weighted by Crippen LogP contribution is 2.12. The highest BCUT2D eigenvalue weighted by Gasteiger charge is 2.16. The molecule has 0 unspecified atom stereocenters. The zero-order valence-corrected chi connectivity index (χ0v) is 31.2. The van der Waals surface area contributed by atoms with E-state index >= 15 is 0 Å². The molecule has 0 rings (SSSR count). The molecule has 0 bridgehead atoms. The minimum Gasteiger partial charge on any atom is -0.462 e. The van der Waals surface area contributed by atoms with Crippen LogP contribution in [0.15, 0.2) is 60.8 Å². The van der Waals surface area contributed by atoms with Gasteiger partial charge in [-0.25, -0.2) is 0 Å². The van der Waals surface area contributed by atoms with Crippen molar-refractivity contribution in [3.63, 3.8) is 0 Å². The van der Waals surface area contributed by atoms with Gasteiger partial charge in [-0.05, 0) is 83.5 Å². The van der Waals surface area contributed by atoms with Crippen LogP contribution in [0.5, 0.6) is 0 Å². The van der Waals surface area contributed by atoms with Crippen molar-refractivity contribution in [2.24, 2.45) is 0 Å². The number of hydrogen-bond acceptors (Lipinski definition) is 5. The second-order valence-corrected chi connectivity index (χ2v) is 13.0. The quantitative estimate of drug-likeness (QED) is 0.0413. The summed E-state index contributed by atoms with van der Waals surface area (Å²) >= 11 is 0. The van der Waals surface area contributed by atoms with E-state index in [1.165, 1.54) is 96.3 Å². The Hall–Kier alpha value is -2.40. The van der Waals surface area contributed by atoms with Gasteiger partial charge < -0.3 is 14.6 Å². The highest BCUT2D eigenvalue weighted by atomic mass is 16.6. The summed E-state index contributed by atoms with van der Waals surface area (Å²) in [5.74, 6) is -0.643. The Labute approximate surface area is 296 Å². The van der Waals surface area contributed by atoms with E-state index in [4.69, 9.17) is 9.47 Å². The number of allylic oxidation sites excluding steroid dienone is 10. The number of hydrogen-bond donors (Lipinski definition) is 1. The van der Waals surface area contributed by atoms with E-state index in [2.05, 4.69) is 74.6 Å². The number of ether oxygens (including phenoxy) is 2. The molecule has 5 heteroatoms. The van der Waals surface area contributed by atoms with Gasteiger partial charge in [0.05, 0.1) is 6.61 Å². The average Bonchev–Trinajstić information content (AvgIpc) is 3.09. The molecule has 48 heavy (non-hydrogen) atoms. The van der Waals surface area contributed by atoms with Crippen LogP contribution in [0.25, 0.3) is 0 Å². The molecule has 276 valence electrons. The van der Waals surface area contributed by atoms with Gasteiger partial charge >= 0.3 is 11.9 Å². The Morgan fingerprint density at radius 3 is 1.29 bits per heavy atom. The molecule has 0 heterocycles. The first-order valence-corrected chi connectivity index (χ1v) is 19.8. The Balaban J connectivity index is 3.62. The fraction of sp³-hybridized carbons (Fsp3) is 0.721. The van der Waals surface area contributed by atoms with Gasteiger partial charge in [-0.3, -0.25) is 9.59 Å². The van der Waals surface area contributed by atoms with Crippen LogP contribution < -0.4 is 0 Å². The van der Waals surface area contributed by atoms with Crippen LogP contribution in [0.2, 0.25) is 0 Å². The molecular formula is C43H74O5. The monoisotopic (exact) mass is 671 g/mol. The minimum atomic E-state index is -0.794. The van der Waals surface area contributed by atoms with Gasteiger partial charge in [0.1, 0.15) is 6.61 Å². The van der Waals surface area contributed by atoms with Gasteiger partial charge in [0.15, 0.2) is 6.10 Å². The molecule has 0 saturated heterocycles. The number of carbonyl (C=O) groups is 2. The summed E-state index contributed by atoms with van der Waals surface area (Å²) in [5, 5.41) is 9.54. The number of aliphatic hydroxyl groups is 1. The molecule has 0 aromatic rings. The summed E-state index contributed by atoms with van der Waals surface area (Å²) in [7, 11) is 0. The molecule has 1 atom stereocenters. The second kappa shape index (κ2) is 39.0. The number of rotatable bonds is 35. The van der Waals surface area contributed by atoms with Crippen LogP contribution in [0.1, 0.15) is 181 Å². The molecule has 0 fully saturated rings. The van der Waals surface area contributed by atoms with Crippen LogP contribution in [0, 0.1) is 0 Å². The van der Waals surface area contributed by atoms with Gasteiger partial charge in [-0.15, -0.1) is 0 Å². The van der Waals surface area contributed by atoms with Crippen molar-refractivity contribution < 1.29 is 24.2 Å². The topological polar surface area (TPSA) is 72.8 Å². The van der Waals surface area contributed by atoms with E-state index in [-0.39, 0.29) is 25.2 Å². The first-order valence-electron chi connectivity index (χ1n) is 19.8. The molecule has 0 spiro atoms. The van der Waals surface area contributed by atoms with E-state index in [9.17, 15) is 14.7 Å².